The van der Waals surface area contributed by atoms with E-state index in [0.29, 0.717) is 72.6 Å². The molecule has 0 radical (unpaired) electrons. The van der Waals surface area contributed by atoms with E-state index in [1.54, 1.807) is 26.0 Å². The molecule has 1 aliphatic rings. The normalized spacial score (nSPS) is 17.2. The van der Waals surface area contributed by atoms with Gasteiger partial charge in [-0.2, -0.15) is 13.2 Å². The van der Waals surface area contributed by atoms with Gasteiger partial charge in [0, 0.05) is 23.7 Å². The van der Waals surface area contributed by atoms with E-state index >= 15 is 0 Å². The number of hydrogen-bond acceptors (Lipinski definition) is 8. The Morgan fingerprint density at radius 1 is 1.14 bits per heavy atom. The third-order valence-corrected chi connectivity index (χ3v) is 5.62. The van der Waals surface area contributed by atoms with Crippen LogP contribution in [-0.2, 0) is 15.7 Å². The van der Waals surface area contributed by atoms with Gasteiger partial charge in [0.1, 0.15) is 24.4 Å². The molecular formula is C25H29F3N4O4. The number of nitrogens with zero attached hydrogens (tertiary/aromatic N) is 2. The van der Waals surface area contributed by atoms with Crippen LogP contribution < -0.4 is 20.5 Å². The zero-order valence-electron chi connectivity index (χ0n) is 20.3. The Hall–Kier alpha value is -3.31. The molecule has 0 amide bonds. The lowest BCUT2D eigenvalue weighted by atomic mass is 10.0. The highest BCUT2D eigenvalue weighted by molar-refractivity contribution is 5.92. The maximum Gasteiger partial charge on any atom is 0.416 e. The van der Waals surface area contributed by atoms with Gasteiger partial charge < -0.3 is 30.0 Å². The van der Waals surface area contributed by atoms with Crippen molar-refractivity contribution in [1.82, 2.24) is 9.97 Å². The van der Waals surface area contributed by atoms with Crippen molar-refractivity contribution in [2.45, 2.75) is 39.1 Å². The maximum atomic E-state index is 13.3. The molecule has 194 valence electrons. The van der Waals surface area contributed by atoms with Crippen LogP contribution in [-0.4, -0.2) is 49.1 Å². The van der Waals surface area contributed by atoms with Crippen LogP contribution in [0.25, 0.3) is 10.9 Å². The third-order valence-electron chi connectivity index (χ3n) is 5.62. The Morgan fingerprint density at radius 2 is 1.94 bits per heavy atom. The summed E-state index contributed by atoms with van der Waals surface area (Å²) in [6.45, 7) is 7.34. The zero-order chi connectivity index (χ0) is 25.9. The van der Waals surface area contributed by atoms with Gasteiger partial charge in [-0.3, -0.25) is 0 Å². The van der Waals surface area contributed by atoms with E-state index in [1.807, 2.05) is 6.92 Å². The fourth-order valence-electron chi connectivity index (χ4n) is 3.92. The number of anilines is 2. The Labute approximate surface area is 206 Å². The monoisotopic (exact) mass is 506 g/mol. The van der Waals surface area contributed by atoms with E-state index in [0.717, 1.165) is 12.1 Å². The second-order valence-electron chi connectivity index (χ2n) is 8.51. The van der Waals surface area contributed by atoms with Crippen molar-refractivity contribution >= 4 is 22.4 Å². The van der Waals surface area contributed by atoms with E-state index in [1.165, 1.54) is 6.07 Å². The van der Waals surface area contributed by atoms with Crippen molar-refractivity contribution in [3.8, 4) is 11.5 Å². The molecule has 11 heteroatoms. The van der Waals surface area contributed by atoms with Crippen LogP contribution in [0.15, 0.2) is 30.3 Å². The number of aryl methyl sites for hydroxylation is 1. The molecule has 4 rings (SSSR count). The summed E-state index contributed by atoms with van der Waals surface area (Å²) >= 11 is 0. The largest absolute Gasteiger partial charge is 0.487 e. The summed E-state index contributed by atoms with van der Waals surface area (Å²) in [4.78, 5) is 9.04. The summed E-state index contributed by atoms with van der Waals surface area (Å²) in [6.07, 6.45) is -4.85. The average Bonchev–Trinajstić information content (AvgIpc) is 2.90. The first kappa shape index (κ1) is 25.8. The van der Waals surface area contributed by atoms with E-state index in [9.17, 15) is 13.2 Å². The van der Waals surface area contributed by atoms with Gasteiger partial charge in [-0.05, 0) is 50.6 Å². The first-order valence-electron chi connectivity index (χ1n) is 11.7. The maximum absolute atomic E-state index is 13.3. The highest BCUT2D eigenvalue weighted by Gasteiger charge is 2.31. The van der Waals surface area contributed by atoms with Gasteiger partial charge in [-0.15, -0.1) is 0 Å². The third kappa shape index (κ3) is 6.08. The number of nitrogens with one attached hydrogen (secondary N) is 1. The predicted octanol–water partition coefficient (Wildman–Crippen LogP) is 4.91. The Kier molecular flexibility index (Phi) is 7.70. The number of aromatic nitrogens is 2. The van der Waals surface area contributed by atoms with E-state index in [-0.39, 0.29) is 11.8 Å². The van der Waals surface area contributed by atoms with Gasteiger partial charge in [0.15, 0.2) is 11.5 Å². The first-order valence-corrected chi connectivity index (χ1v) is 11.7. The van der Waals surface area contributed by atoms with Crippen LogP contribution in [0.3, 0.4) is 0 Å². The molecule has 3 N–H and O–H groups in total. The van der Waals surface area contributed by atoms with Gasteiger partial charge in [-0.25, -0.2) is 9.97 Å². The number of hydrogen-bond donors (Lipinski definition) is 2. The predicted molar refractivity (Wildman–Crippen MR) is 129 cm³/mol. The van der Waals surface area contributed by atoms with Crippen molar-refractivity contribution < 1.29 is 32.1 Å². The molecule has 0 bridgehead atoms. The molecule has 0 fully saturated rings. The lowest BCUT2D eigenvalue weighted by molar-refractivity contribution is -0.137. The van der Waals surface area contributed by atoms with Gasteiger partial charge in [0.2, 0.25) is 0 Å². The van der Waals surface area contributed by atoms with Crippen molar-refractivity contribution in [3.63, 3.8) is 0 Å². The number of ether oxygens (including phenoxy) is 4. The molecule has 36 heavy (non-hydrogen) atoms. The smallest absolute Gasteiger partial charge is 0.416 e. The number of nitrogen functional groups attached to an aromatic ring is 1. The molecule has 0 saturated carbocycles. The van der Waals surface area contributed by atoms with E-state index in [4.69, 9.17) is 24.7 Å². The second kappa shape index (κ2) is 10.8. The number of fused-ring (bicyclic) bond motifs is 2. The van der Waals surface area contributed by atoms with Crippen molar-refractivity contribution in [2.24, 2.45) is 0 Å². The zero-order valence-corrected chi connectivity index (χ0v) is 20.3. The molecule has 0 spiro atoms. The summed E-state index contributed by atoms with van der Waals surface area (Å²) in [6, 6.07) is 6.51. The van der Waals surface area contributed by atoms with Crippen LogP contribution in [0.1, 0.15) is 36.8 Å². The average molecular weight is 507 g/mol. The summed E-state index contributed by atoms with van der Waals surface area (Å²) in [5.41, 5.74) is 5.97. The van der Waals surface area contributed by atoms with Gasteiger partial charge in [0.25, 0.3) is 0 Å². The molecule has 1 aromatic heterocycles. The van der Waals surface area contributed by atoms with Crippen molar-refractivity contribution in [2.75, 3.05) is 44.1 Å². The number of benzene rings is 2. The fraction of sp³-hybridized carbons (Fsp3) is 0.440. The molecular weight excluding hydrogens is 477 g/mol. The van der Waals surface area contributed by atoms with Crippen LogP contribution >= 0.6 is 0 Å². The molecule has 2 atom stereocenters. The fourth-order valence-corrected chi connectivity index (χ4v) is 3.92. The van der Waals surface area contributed by atoms with Crippen LogP contribution in [0.2, 0.25) is 0 Å². The van der Waals surface area contributed by atoms with E-state index < -0.39 is 17.8 Å². The Morgan fingerprint density at radius 3 is 2.69 bits per heavy atom. The van der Waals surface area contributed by atoms with E-state index in [2.05, 4.69) is 15.3 Å². The molecule has 1 aliphatic heterocycles. The summed E-state index contributed by atoms with van der Waals surface area (Å²) < 4.78 is 63.1. The standard InChI is InChI=1S/C25H29F3N4O4/c1-4-33-12-19-13-34-5-6-35-22-11-21-20(10-23(22)36-19)24(32-15(3)31-21)30-14(2)16-7-17(25(26,27)28)9-18(29)8-16/h7-11,14,19H,4-6,12-13,29H2,1-3H3,(H,30,31,32)/t14-,19-/m1/s1. The SMILES string of the molecule is CCOC[C@@H]1COCCOc2cc3nc(C)nc(N[C@H](C)c4cc(N)cc(C(F)(F)F)c4)c3cc2O1. The highest BCUT2D eigenvalue weighted by atomic mass is 19.4. The molecule has 8 nitrogen and oxygen atoms in total. The molecule has 0 saturated heterocycles. The summed E-state index contributed by atoms with van der Waals surface area (Å²) in [5, 5.41) is 3.85. The lowest BCUT2D eigenvalue weighted by Crippen LogP contribution is -2.28. The topological polar surface area (TPSA) is 101 Å². The highest BCUT2D eigenvalue weighted by Crippen LogP contribution is 2.37. The Bertz CT molecular complexity index is 1220. The molecule has 2 heterocycles. The lowest BCUT2D eigenvalue weighted by Gasteiger charge is -2.21. The molecule has 3 aromatic rings. The van der Waals surface area contributed by atoms with Crippen molar-refractivity contribution in [1.29, 1.82) is 0 Å². The minimum Gasteiger partial charge on any atom is -0.487 e. The number of nitrogens with two attached hydrogens (primary N) is 1. The minimum absolute atomic E-state index is 0.0303. The number of rotatable bonds is 6. The van der Waals surface area contributed by atoms with Crippen LogP contribution in [0, 0.1) is 6.92 Å². The minimum atomic E-state index is -4.50. The van der Waals surface area contributed by atoms with Crippen LogP contribution in [0.5, 0.6) is 11.5 Å². The second-order valence-corrected chi connectivity index (χ2v) is 8.51. The van der Waals surface area contributed by atoms with Gasteiger partial charge in [-0.1, -0.05) is 0 Å². The summed E-state index contributed by atoms with van der Waals surface area (Å²) in [5.74, 6) is 1.92. The molecule has 2 aromatic carbocycles. The molecule has 0 aliphatic carbocycles. The first-order chi connectivity index (χ1) is 17.1. The number of alkyl halides is 3. The Balaban J connectivity index is 1.71. The van der Waals surface area contributed by atoms with Crippen molar-refractivity contribution in [3.05, 3.63) is 47.3 Å². The van der Waals surface area contributed by atoms with Crippen LogP contribution in [0.4, 0.5) is 24.7 Å². The van der Waals surface area contributed by atoms with Gasteiger partial charge in [0.05, 0.1) is 36.9 Å². The quantitative estimate of drug-likeness (QED) is 0.455. The summed E-state index contributed by atoms with van der Waals surface area (Å²) in [7, 11) is 0. The molecule has 0 unspecified atom stereocenters. The van der Waals surface area contributed by atoms with Gasteiger partial charge >= 0.3 is 6.18 Å². The number of halogens is 3.